The van der Waals surface area contributed by atoms with Crippen molar-refractivity contribution in [3.8, 4) is 0 Å². The molecule has 2 rings (SSSR count). The molecule has 224 valence electrons. The highest BCUT2D eigenvalue weighted by molar-refractivity contribution is 8.00. The van der Waals surface area contributed by atoms with Crippen LogP contribution in [0.2, 0.25) is 0 Å². The molecule has 0 bridgehead atoms. The second kappa shape index (κ2) is 16.9. The van der Waals surface area contributed by atoms with Crippen LogP contribution < -0.4 is 10.6 Å². The second-order valence-electron chi connectivity index (χ2n) is 10.2. The van der Waals surface area contributed by atoms with Gasteiger partial charge in [-0.1, -0.05) is 92.8 Å². The number of thioether (sulfide) groups is 1. The molecular formula is C32H38N2O7S. The van der Waals surface area contributed by atoms with Crippen LogP contribution in [0.4, 0.5) is 0 Å². The predicted octanol–water partition coefficient (Wildman–Crippen LogP) is 4.09. The van der Waals surface area contributed by atoms with Gasteiger partial charge in [-0.3, -0.25) is 19.2 Å². The van der Waals surface area contributed by atoms with Gasteiger partial charge in [0.15, 0.2) is 17.3 Å². The Morgan fingerprint density at radius 3 is 2.29 bits per heavy atom. The van der Waals surface area contributed by atoms with Gasteiger partial charge in [-0.05, 0) is 5.92 Å². The number of carboxylic acids is 1. The van der Waals surface area contributed by atoms with Gasteiger partial charge in [0.25, 0.3) is 0 Å². The lowest BCUT2D eigenvalue weighted by Gasteiger charge is -2.23. The number of nitrogens with one attached hydrogen (secondary N) is 2. The van der Waals surface area contributed by atoms with Crippen molar-refractivity contribution in [2.24, 2.45) is 11.3 Å². The van der Waals surface area contributed by atoms with E-state index in [1.165, 1.54) is 24.8 Å². The maximum absolute atomic E-state index is 13.5. The molecule has 0 unspecified atom stereocenters. The largest absolute Gasteiger partial charge is 0.504 e. The lowest BCUT2D eigenvalue weighted by molar-refractivity contribution is -0.140. The van der Waals surface area contributed by atoms with Crippen molar-refractivity contribution in [2.75, 3.05) is 12.3 Å². The summed E-state index contributed by atoms with van der Waals surface area (Å²) in [5.74, 6) is -3.35. The number of aliphatic carboxylic acids is 1. The van der Waals surface area contributed by atoms with Gasteiger partial charge >= 0.3 is 5.97 Å². The van der Waals surface area contributed by atoms with Gasteiger partial charge in [-0.25, -0.2) is 4.79 Å². The van der Waals surface area contributed by atoms with E-state index < -0.39 is 45.9 Å². The molecule has 4 N–H and O–H groups in total. The van der Waals surface area contributed by atoms with Gasteiger partial charge in [0.2, 0.25) is 11.8 Å². The van der Waals surface area contributed by atoms with Gasteiger partial charge in [0.05, 0.1) is 5.57 Å². The Bertz CT molecular complexity index is 1290. The number of carbonyl (C=O) groups is 5. The molecule has 0 spiro atoms. The summed E-state index contributed by atoms with van der Waals surface area (Å²) in [5, 5.41) is 24.8. The van der Waals surface area contributed by atoms with Crippen molar-refractivity contribution >= 4 is 41.1 Å². The number of amides is 2. The molecule has 2 amide bonds. The molecule has 4 atom stereocenters. The first-order chi connectivity index (χ1) is 19.9. The number of fused-ring (bicyclic) bond motifs is 1. The first-order valence-corrected chi connectivity index (χ1v) is 14.6. The Labute approximate surface area is 250 Å². The SMILES string of the molecule is CC(=O)N[C@@H](CS[C@@H]1\C=C/C=C\C=C/C=C\[C@H](C)CNC(=O)\C=C/C=C\C=C/[C@]2(C)CC(=O)C(O)=C2C(=O)C1)C(=O)O. The molecule has 0 aromatic heterocycles. The predicted molar refractivity (Wildman–Crippen MR) is 165 cm³/mol. The summed E-state index contributed by atoms with van der Waals surface area (Å²) in [7, 11) is 0. The van der Waals surface area contributed by atoms with E-state index in [0.29, 0.717) is 6.54 Å². The highest BCUT2D eigenvalue weighted by atomic mass is 32.2. The number of hydrogen-bond acceptors (Lipinski definition) is 7. The highest BCUT2D eigenvalue weighted by Crippen LogP contribution is 2.43. The fraction of sp³-hybridized carbons (Fsp3) is 0.344. The average molecular weight is 595 g/mol. The van der Waals surface area contributed by atoms with Gasteiger partial charge in [-0.2, -0.15) is 11.8 Å². The van der Waals surface area contributed by atoms with Crippen LogP contribution in [-0.2, 0) is 24.0 Å². The topological polar surface area (TPSA) is 150 Å². The fourth-order valence-electron chi connectivity index (χ4n) is 4.24. The summed E-state index contributed by atoms with van der Waals surface area (Å²) in [6, 6.07) is -1.15. The number of hydrogen-bond donors (Lipinski definition) is 4. The molecule has 0 saturated carbocycles. The third-order valence-corrected chi connectivity index (χ3v) is 7.66. The molecule has 9 nitrogen and oxygen atoms in total. The Hall–Kier alpha value is -4.18. The van der Waals surface area contributed by atoms with Crippen LogP contribution in [0.1, 0.15) is 33.6 Å². The van der Waals surface area contributed by atoms with Crippen LogP contribution in [0.3, 0.4) is 0 Å². The van der Waals surface area contributed by atoms with Crippen LogP contribution in [-0.4, -0.2) is 63.2 Å². The second-order valence-corrected chi connectivity index (χ2v) is 11.5. The normalized spacial score (nSPS) is 30.2. The highest BCUT2D eigenvalue weighted by Gasteiger charge is 2.44. The van der Waals surface area contributed by atoms with Gasteiger partial charge in [0.1, 0.15) is 6.04 Å². The number of aliphatic hydroxyl groups is 1. The van der Waals surface area contributed by atoms with Crippen LogP contribution in [0.15, 0.2) is 96.4 Å². The Morgan fingerprint density at radius 1 is 1.00 bits per heavy atom. The van der Waals surface area contributed by atoms with Gasteiger partial charge < -0.3 is 20.8 Å². The summed E-state index contributed by atoms with van der Waals surface area (Å²) < 4.78 is 0. The summed E-state index contributed by atoms with van der Waals surface area (Å²) in [6.45, 7) is 5.37. The molecule has 0 fully saturated rings. The number of rotatable bonds is 5. The molecule has 0 saturated heterocycles. The van der Waals surface area contributed by atoms with Gasteiger partial charge in [0, 0.05) is 48.8 Å². The van der Waals surface area contributed by atoms with E-state index in [2.05, 4.69) is 10.6 Å². The quantitative estimate of drug-likeness (QED) is 0.372. The summed E-state index contributed by atoms with van der Waals surface area (Å²) >= 11 is 1.17. The maximum Gasteiger partial charge on any atom is 0.327 e. The first kappa shape index (κ1) is 34.0. The summed E-state index contributed by atoms with van der Waals surface area (Å²) in [5.41, 5.74) is -1.05. The number of carbonyl (C=O) groups excluding carboxylic acids is 4. The summed E-state index contributed by atoms with van der Waals surface area (Å²) in [4.78, 5) is 61.1. The lowest BCUT2D eigenvalue weighted by Crippen LogP contribution is -2.41. The van der Waals surface area contributed by atoms with E-state index in [0.717, 1.165) is 0 Å². The molecule has 0 aromatic rings. The van der Waals surface area contributed by atoms with E-state index in [4.69, 9.17) is 0 Å². The van der Waals surface area contributed by atoms with Crippen LogP contribution in [0.25, 0.3) is 0 Å². The zero-order chi connectivity index (χ0) is 31.1. The number of carboxylic acid groups (broad SMARTS) is 1. The van der Waals surface area contributed by atoms with Crippen molar-refractivity contribution in [1.82, 2.24) is 10.6 Å². The minimum absolute atomic E-state index is 0.000453. The standard InChI is InChI=1S/C32H38N2O7S/c1-22-14-10-6-4-5-7-11-15-24(42-21-25(31(40)41)34-23(2)35)18-26(36)29-30(39)27(37)19-32(29,3)17-13-9-8-12-16-28(38)33-20-22/h4-17,22,24-25,39H,18-21H2,1-3H3,(H,33,38)(H,34,35)(H,40,41)/b6-4-,7-5-,9-8-,14-10-,15-11-,16-12-,17-13-/t22-,24+,25-,32+/m0/s1. The first-order valence-electron chi connectivity index (χ1n) is 13.5. The molecule has 1 heterocycles. The fourth-order valence-corrected chi connectivity index (χ4v) is 5.38. The number of Topliss-reactive ketones (excluding diaryl/α,β-unsaturated/α-hetero) is 2. The Balaban J connectivity index is 2.39. The van der Waals surface area contributed by atoms with Crippen LogP contribution in [0, 0.1) is 11.3 Å². The third kappa shape index (κ3) is 11.4. The van der Waals surface area contributed by atoms with Crippen LogP contribution in [0.5, 0.6) is 0 Å². The van der Waals surface area contributed by atoms with E-state index in [1.54, 1.807) is 61.6 Å². The lowest BCUT2D eigenvalue weighted by atomic mass is 9.80. The maximum atomic E-state index is 13.5. The molecule has 10 heteroatoms. The van der Waals surface area contributed by atoms with Gasteiger partial charge in [-0.15, -0.1) is 0 Å². The van der Waals surface area contributed by atoms with Crippen molar-refractivity contribution in [1.29, 1.82) is 0 Å². The van der Waals surface area contributed by atoms with Crippen molar-refractivity contribution in [3.63, 3.8) is 0 Å². The smallest absolute Gasteiger partial charge is 0.327 e. The van der Waals surface area contributed by atoms with Crippen molar-refractivity contribution < 1.29 is 34.2 Å². The van der Waals surface area contributed by atoms with Crippen molar-refractivity contribution in [2.45, 2.75) is 44.9 Å². The van der Waals surface area contributed by atoms with E-state index in [9.17, 15) is 34.2 Å². The molecule has 1 aliphatic carbocycles. The van der Waals surface area contributed by atoms with Crippen LogP contribution >= 0.6 is 11.8 Å². The monoisotopic (exact) mass is 594 g/mol. The van der Waals surface area contributed by atoms with Crippen molar-refractivity contribution in [3.05, 3.63) is 96.4 Å². The van der Waals surface area contributed by atoms with E-state index in [1.807, 2.05) is 31.2 Å². The zero-order valence-electron chi connectivity index (χ0n) is 24.0. The number of aliphatic hydroxyl groups excluding tert-OH is 1. The number of ketones is 2. The average Bonchev–Trinajstić information content (AvgIpc) is 3.14. The number of allylic oxidation sites excluding steroid dienone is 13. The molecule has 2 aliphatic rings. The summed E-state index contributed by atoms with van der Waals surface area (Å²) in [6.07, 6.45) is 23.9. The third-order valence-electron chi connectivity index (χ3n) is 6.38. The van der Waals surface area contributed by atoms with E-state index >= 15 is 0 Å². The Kier molecular flexibility index (Phi) is 13.7. The molecule has 0 aromatic carbocycles. The Morgan fingerprint density at radius 2 is 1.62 bits per heavy atom. The zero-order valence-corrected chi connectivity index (χ0v) is 24.8. The molecule has 42 heavy (non-hydrogen) atoms. The molecule has 0 radical (unpaired) electrons. The minimum Gasteiger partial charge on any atom is -0.504 e. The van der Waals surface area contributed by atoms with E-state index in [-0.39, 0.29) is 36.0 Å². The minimum atomic E-state index is -1.20. The molecule has 1 aliphatic heterocycles. The molecular weight excluding hydrogens is 556 g/mol.